The molecule has 0 aliphatic rings. The van der Waals surface area contributed by atoms with E-state index in [9.17, 15) is 18.5 Å². The largest absolute Gasteiger partial charge is 0.493 e. The highest BCUT2D eigenvalue weighted by molar-refractivity contribution is 7.89. The fourth-order valence-electron chi connectivity index (χ4n) is 1.97. The molecule has 10 heteroatoms. The first-order valence-corrected chi connectivity index (χ1v) is 7.79. The first-order valence-electron chi connectivity index (χ1n) is 5.94. The number of rotatable bonds is 5. The summed E-state index contributed by atoms with van der Waals surface area (Å²) in [5.74, 6) is 0.106. The van der Waals surface area contributed by atoms with Gasteiger partial charge in [-0.2, -0.15) is 0 Å². The minimum atomic E-state index is -3.59. The van der Waals surface area contributed by atoms with E-state index in [-0.39, 0.29) is 28.6 Å². The SMILES string of the molecule is COc1cc(-c2nccn2S(C)(=O)=O)cc([N+](=O)[O-])c1OC. The lowest BCUT2D eigenvalue weighted by Crippen LogP contribution is -2.10. The van der Waals surface area contributed by atoms with Crippen molar-refractivity contribution in [3.05, 3.63) is 34.6 Å². The number of nitro benzene ring substituents is 1. The Labute approximate surface area is 126 Å². The van der Waals surface area contributed by atoms with Gasteiger partial charge in [0, 0.05) is 24.0 Å². The van der Waals surface area contributed by atoms with Crippen LogP contribution in [0.1, 0.15) is 0 Å². The molecule has 0 fully saturated rings. The van der Waals surface area contributed by atoms with E-state index in [4.69, 9.17) is 9.47 Å². The number of methoxy groups -OCH3 is 2. The van der Waals surface area contributed by atoms with Gasteiger partial charge in [-0.1, -0.05) is 0 Å². The summed E-state index contributed by atoms with van der Waals surface area (Å²) in [6.45, 7) is 0. The number of hydrogen-bond donors (Lipinski definition) is 0. The van der Waals surface area contributed by atoms with Gasteiger partial charge in [-0.15, -0.1) is 0 Å². The van der Waals surface area contributed by atoms with Crippen molar-refractivity contribution < 1.29 is 22.8 Å². The lowest BCUT2D eigenvalue weighted by atomic mass is 10.1. The number of nitro groups is 1. The molecule has 2 rings (SSSR count). The number of nitrogens with zero attached hydrogens (tertiary/aromatic N) is 3. The molecule has 2 aromatic rings. The maximum atomic E-state index is 11.7. The van der Waals surface area contributed by atoms with Crippen LogP contribution in [0.25, 0.3) is 11.4 Å². The Hall–Kier alpha value is -2.62. The highest BCUT2D eigenvalue weighted by atomic mass is 32.2. The average Bonchev–Trinajstić information content (AvgIpc) is 2.95. The van der Waals surface area contributed by atoms with Crippen LogP contribution in [-0.2, 0) is 10.0 Å². The molecule has 0 N–H and O–H groups in total. The van der Waals surface area contributed by atoms with Crippen LogP contribution in [0.4, 0.5) is 5.69 Å². The van der Waals surface area contributed by atoms with E-state index in [1.807, 2.05) is 0 Å². The van der Waals surface area contributed by atoms with Crippen molar-refractivity contribution in [3.8, 4) is 22.9 Å². The van der Waals surface area contributed by atoms with Gasteiger partial charge < -0.3 is 9.47 Å². The molecule has 0 amide bonds. The van der Waals surface area contributed by atoms with E-state index in [1.54, 1.807) is 0 Å². The molecule has 1 aromatic heterocycles. The second-order valence-corrected chi connectivity index (χ2v) is 6.16. The van der Waals surface area contributed by atoms with E-state index < -0.39 is 14.9 Å². The number of hydrogen-bond acceptors (Lipinski definition) is 7. The number of ether oxygens (including phenoxy) is 2. The summed E-state index contributed by atoms with van der Waals surface area (Å²) in [7, 11) is -0.987. The molecule has 1 heterocycles. The van der Waals surface area contributed by atoms with Crippen molar-refractivity contribution in [2.75, 3.05) is 20.5 Å². The predicted molar refractivity (Wildman–Crippen MR) is 77.7 cm³/mol. The van der Waals surface area contributed by atoms with Crippen LogP contribution in [0.2, 0.25) is 0 Å². The molecule has 0 aliphatic heterocycles. The third-order valence-electron chi connectivity index (χ3n) is 2.88. The van der Waals surface area contributed by atoms with Gasteiger partial charge in [0.25, 0.3) is 0 Å². The van der Waals surface area contributed by atoms with Gasteiger partial charge in [0.2, 0.25) is 15.8 Å². The Morgan fingerprint density at radius 2 is 1.95 bits per heavy atom. The summed E-state index contributed by atoms with van der Waals surface area (Å²) in [5.41, 5.74) is -0.125. The molecule has 0 aliphatic carbocycles. The second kappa shape index (κ2) is 5.64. The number of benzene rings is 1. The van der Waals surface area contributed by atoms with Gasteiger partial charge in [0.15, 0.2) is 11.6 Å². The summed E-state index contributed by atoms with van der Waals surface area (Å²) in [6.07, 6.45) is 3.56. The van der Waals surface area contributed by atoms with E-state index in [0.717, 1.165) is 10.2 Å². The number of aromatic nitrogens is 2. The Morgan fingerprint density at radius 3 is 2.45 bits per heavy atom. The highest BCUT2D eigenvalue weighted by Crippen LogP contribution is 2.40. The molecule has 0 bridgehead atoms. The zero-order valence-electron chi connectivity index (χ0n) is 12.0. The Kier molecular flexibility index (Phi) is 4.04. The molecular formula is C12H13N3O6S. The lowest BCUT2D eigenvalue weighted by molar-refractivity contribution is -0.385. The van der Waals surface area contributed by atoms with E-state index in [2.05, 4.69) is 4.98 Å². The molecule has 0 saturated carbocycles. The van der Waals surface area contributed by atoms with Crippen LogP contribution < -0.4 is 9.47 Å². The van der Waals surface area contributed by atoms with Crippen LogP contribution in [-0.4, -0.2) is 42.8 Å². The maximum absolute atomic E-state index is 11.7. The van der Waals surface area contributed by atoms with Crippen LogP contribution in [0.15, 0.2) is 24.5 Å². The minimum Gasteiger partial charge on any atom is -0.493 e. The van der Waals surface area contributed by atoms with Crippen LogP contribution >= 0.6 is 0 Å². The van der Waals surface area contributed by atoms with Crippen LogP contribution in [0.5, 0.6) is 11.5 Å². The standard InChI is InChI=1S/C12H13N3O6S/c1-20-10-7-8(6-9(15(16)17)11(10)21-2)12-13-4-5-14(12)22(3,18)19/h4-7H,1-3H3. The fraction of sp³-hybridized carbons (Fsp3) is 0.250. The highest BCUT2D eigenvalue weighted by Gasteiger charge is 2.24. The van der Waals surface area contributed by atoms with Crippen molar-refractivity contribution in [2.45, 2.75) is 0 Å². The summed E-state index contributed by atoms with van der Waals surface area (Å²) in [4.78, 5) is 14.5. The van der Waals surface area contributed by atoms with Crippen molar-refractivity contribution in [1.29, 1.82) is 0 Å². The fourth-order valence-corrected chi connectivity index (χ4v) is 2.71. The van der Waals surface area contributed by atoms with E-state index >= 15 is 0 Å². The van der Waals surface area contributed by atoms with Gasteiger partial charge in [-0.05, 0) is 6.07 Å². The third-order valence-corrected chi connectivity index (χ3v) is 3.89. The van der Waals surface area contributed by atoms with Crippen LogP contribution in [0.3, 0.4) is 0 Å². The first kappa shape index (κ1) is 15.8. The Bertz CT molecular complexity index is 827. The van der Waals surface area contributed by atoms with Crippen molar-refractivity contribution in [1.82, 2.24) is 8.96 Å². The van der Waals surface area contributed by atoms with Gasteiger partial charge in [-0.3, -0.25) is 10.1 Å². The third kappa shape index (κ3) is 2.72. The molecular weight excluding hydrogens is 314 g/mol. The molecule has 22 heavy (non-hydrogen) atoms. The van der Waals surface area contributed by atoms with E-state index in [1.165, 1.54) is 38.7 Å². The van der Waals surface area contributed by atoms with Gasteiger partial charge >= 0.3 is 5.69 Å². The van der Waals surface area contributed by atoms with Crippen LogP contribution in [0, 0.1) is 10.1 Å². The molecule has 0 radical (unpaired) electrons. The van der Waals surface area contributed by atoms with Crippen molar-refractivity contribution in [3.63, 3.8) is 0 Å². The monoisotopic (exact) mass is 327 g/mol. The zero-order valence-corrected chi connectivity index (χ0v) is 12.8. The summed E-state index contributed by atoms with van der Waals surface area (Å²) >= 11 is 0. The smallest absolute Gasteiger partial charge is 0.315 e. The first-order chi connectivity index (χ1) is 10.3. The number of imidazole rings is 1. The summed E-state index contributed by atoms with van der Waals surface area (Å²) in [5, 5.41) is 11.2. The topological polar surface area (TPSA) is 114 Å². The molecule has 1 aromatic carbocycles. The summed E-state index contributed by atoms with van der Waals surface area (Å²) in [6, 6.07) is 2.61. The molecule has 9 nitrogen and oxygen atoms in total. The van der Waals surface area contributed by atoms with Gasteiger partial charge in [-0.25, -0.2) is 17.4 Å². The average molecular weight is 327 g/mol. The zero-order chi connectivity index (χ0) is 16.5. The second-order valence-electron chi connectivity index (χ2n) is 4.30. The van der Waals surface area contributed by atoms with Crippen molar-refractivity contribution >= 4 is 15.7 Å². The lowest BCUT2D eigenvalue weighted by Gasteiger charge is -2.11. The summed E-state index contributed by atoms with van der Waals surface area (Å²) < 4.78 is 34.4. The minimum absolute atomic E-state index is 0.0475. The van der Waals surface area contributed by atoms with E-state index in [0.29, 0.717) is 0 Å². The predicted octanol–water partition coefficient (Wildman–Crippen LogP) is 1.28. The molecule has 0 atom stereocenters. The Morgan fingerprint density at radius 1 is 1.27 bits per heavy atom. The van der Waals surface area contributed by atoms with Gasteiger partial charge in [0.05, 0.1) is 25.4 Å². The Balaban J connectivity index is 2.75. The normalized spacial score (nSPS) is 11.2. The maximum Gasteiger partial charge on any atom is 0.315 e. The molecule has 0 saturated heterocycles. The van der Waals surface area contributed by atoms with Crippen molar-refractivity contribution in [2.24, 2.45) is 0 Å². The molecule has 118 valence electrons. The quantitative estimate of drug-likeness (QED) is 0.600. The molecule has 0 unspecified atom stereocenters. The molecule has 0 spiro atoms. The van der Waals surface area contributed by atoms with Gasteiger partial charge in [0.1, 0.15) is 0 Å².